The maximum atomic E-state index is 14.0. The number of carbonyl (C=O) groups excluding carboxylic acids is 1. The van der Waals surface area contributed by atoms with Crippen molar-refractivity contribution in [3.05, 3.63) is 56.6 Å². The Labute approximate surface area is 224 Å². The number of methoxy groups -OCH3 is 1. The number of nitrogens with zero attached hydrogens (tertiary/aromatic N) is 7. The standard InChI is InChI=1S/C27H30N8O4/c1-4-5-13-33-23-24(31-26(33)32-12-8-9-18(28)14-32)34(16-22(36)39-3)27(38)35(25(23)37)15-21-29-17(2)19-10-6-7-11-20(19)30-21/h6-7,10-11,18H,8-9,12-16,28H2,1-3H3. The van der Waals surface area contributed by atoms with Crippen molar-refractivity contribution >= 4 is 34.0 Å². The van der Waals surface area contributed by atoms with Crippen LogP contribution in [0.25, 0.3) is 22.1 Å². The van der Waals surface area contributed by atoms with E-state index in [1.807, 2.05) is 36.1 Å². The molecule has 5 rings (SSSR count). The molecule has 0 bridgehead atoms. The first kappa shape index (κ1) is 26.1. The normalized spacial score (nSPS) is 15.4. The van der Waals surface area contributed by atoms with Crippen LogP contribution in [0.4, 0.5) is 5.95 Å². The fraction of sp³-hybridized carbons (Fsp3) is 0.407. The SMILES string of the molecule is CC#CCn1c(N2CCCC(N)C2)nc2c1c(=O)n(Cc1nc(C)c3ccccc3n1)c(=O)n2CC(=O)OC. The highest BCUT2D eigenvalue weighted by molar-refractivity contribution is 5.80. The lowest BCUT2D eigenvalue weighted by atomic mass is 10.1. The first-order valence-electron chi connectivity index (χ1n) is 12.8. The molecule has 0 radical (unpaired) electrons. The van der Waals surface area contributed by atoms with Crippen LogP contribution < -0.4 is 21.9 Å². The highest BCUT2D eigenvalue weighted by Crippen LogP contribution is 2.23. The van der Waals surface area contributed by atoms with Crippen molar-refractivity contribution in [3.63, 3.8) is 0 Å². The molecule has 202 valence electrons. The maximum Gasteiger partial charge on any atom is 0.333 e. The highest BCUT2D eigenvalue weighted by atomic mass is 16.5. The van der Waals surface area contributed by atoms with Crippen molar-refractivity contribution < 1.29 is 9.53 Å². The van der Waals surface area contributed by atoms with Crippen molar-refractivity contribution in [2.24, 2.45) is 5.73 Å². The number of carbonyl (C=O) groups is 1. The van der Waals surface area contributed by atoms with Crippen LogP contribution >= 0.6 is 0 Å². The van der Waals surface area contributed by atoms with Crippen LogP contribution in [0.5, 0.6) is 0 Å². The van der Waals surface area contributed by atoms with E-state index in [2.05, 4.69) is 21.8 Å². The second-order valence-corrected chi connectivity index (χ2v) is 9.52. The number of piperidine rings is 1. The first-order chi connectivity index (χ1) is 18.8. The van der Waals surface area contributed by atoms with Crippen LogP contribution in [-0.4, -0.2) is 60.9 Å². The van der Waals surface area contributed by atoms with E-state index in [0.29, 0.717) is 30.4 Å². The summed E-state index contributed by atoms with van der Waals surface area (Å²) in [7, 11) is 1.24. The Bertz CT molecular complexity index is 1760. The average Bonchev–Trinajstić information content (AvgIpc) is 3.31. The van der Waals surface area contributed by atoms with Crippen molar-refractivity contribution in [3.8, 4) is 11.8 Å². The van der Waals surface area contributed by atoms with Gasteiger partial charge in [0.15, 0.2) is 11.2 Å². The summed E-state index contributed by atoms with van der Waals surface area (Å²) < 4.78 is 8.75. The Kier molecular flexibility index (Phi) is 7.17. The molecule has 1 fully saturated rings. The number of hydrogen-bond donors (Lipinski definition) is 1. The Morgan fingerprint density at radius 2 is 1.95 bits per heavy atom. The number of imidazole rings is 1. The molecule has 1 aromatic carbocycles. The predicted octanol–water partition coefficient (Wildman–Crippen LogP) is 0.783. The number of ether oxygens (including phenoxy) is 1. The second kappa shape index (κ2) is 10.7. The Balaban J connectivity index is 1.75. The van der Waals surface area contributed by atoms with E-state index < -0.39 is 23.8 Å². The zero-order valence-electron chi connectivity index (χ0n) is 22.2. The summed E-state index contributed by atoms with van der Waals surface area (Å²) in [5.74, 6) is 6.00. The van der Waals surface area contributed by atoms with Gasteiger partial charge in [0.05, 0.1) is 25.7 Å². The number of fused-ring (bicyclic) bond motifs is 2. The van der Waals surface area contributed by atoms with Gasteiger partial charge in [-0.05, 0) is 32.8 Å². The fourth-order valence-corrected chi connectivity index (χ4v) is 5.00. The molecule has 0 saturated carbocycles. The Morgan fingerprint density at radius 1 is 1.15 bits per heavy atom. The highest BCUT2D eigenvalue weighted by Gasteiger charge is 2.27. The zero-order valence-corrected chi connectivity index (χ0v) is 22.2. The first-order valence-corrected chi connectivity index (χ1v) is 12.8. The molecule has 0 spiro atoms. The van der Waals surface area contributed by atoms with E-state index in [1.165, 1.54) is 11.7 Å². The van der Waals surface area contributed by atoms with Crippen molar-refractivity contribution in [1.82, 2.24) is 28.7 Å². The topological polar surface area (TPSA) is 143 Å². The quantitative estimate of drug-likeness (QED) is 0.283. The lowest BCUT2D eigenvalue weighted by molar-refractivity contribution is -0.141. The number of anilines is 1. The molecule has 4 aromatic rings. The zero-order chi connectivity index (χ0) is 27.7. The summed E-state index contributed by atoms with van der Waals surface area (Å²) in [4.78, 5) is 55.9. The van der Waals surface area contributed by atoms with Crippen LogP contribution in [0.1, 0.15) is 31.3 Å². The van der Waals surface area contributed by atoms with Gasteiger partial charge in [-0.1, -0.05) is 24.1 Å². The molecule has 1 aliphatic rings. The summed E-state index contributed by atoms with van der Waals surface area (Å²) in [6, 6.07) is 7.48. The van der Waals surface area contributed by atoms with Gasteiger partial charge >= 0.3 is 11.7 Å². The summed E-state index contributed by atoms with van der Waals surface area (Å²) in [6.07, 6.45) is 1.75. The number of aromatic nitrogens is 6. The van der Waals surface area contributed by atoms with E-state index in [1.54, 1.807) is 11.5 Å². The smallest absolute Gasteiger partial charge is 0.333 e. The minimum Gasteiger partial charge on any atom is -0.468 e. The number of rotatable bonds is 6. The fourth-order valence-electron chi connectivity index (χ4n) is 5.00. The maximum absolute atomic E-state index is 14.0. The van der Waals surface area contributed by atoms with Crippen LogP contribution in [-0.2, 0) is 29.2 Å². The van der Waals surface area contributed by atoms with Gasteiger partial charge in [-0.15, -0.1) is 5.92 Å². The molecule has 39 heavy (non-hydrogen) atoms. The number of nitrogens with two attached hydrogens (primary N) is 1. The average molecular weight is 531 g/mol. The number of para-hydroxylation sites is 1. The van der Waals surface area contributed by atoms with E-state index in [-0.39, 0.29) is 30.3 Å². The molecule has 12 heteroatoms. The molecule has 1 aliphatic heterocycles. The third kappa shape index (κ3) is 4.88. The predicted molar refractivity (Wildman–Crippen MR) is 147 cm³/mol. The second-order valence-electron chi connectivity index (χ2n) is 9.52. The molecule has 3 aromatic heterocycles. The van der Waals surface area contributed by atoms with Gasteiger partial charge in [-0.3, -0.25) is 23.3 Å². The van der Waals surface area contributed by atoms with E-state index in [9.17, 15) is 14.4 Å². The van der Waals surface area contributed by atoms with Crippen molar-refractivity contribution in [2.75, 3.05) is 25.1 Å². The van der Waals surface area contributed by atoms with Crippen molar-refractivity contribution in [1.29, 1.82) is 0 Å². The molecule has 1 atom stereocenters. The van der Waals surface area contributed by atoms with Gasteiger partial charge in [0.2, 0.25) is 5.95 Å². The van der Waals surface area contributed by atoms with Crippen molar-refractivity contribution in [2.45, 2.75) is 52.4 Å². The summed E-state index contributed by atoms with van der Waals surface area (Å²) in [5.41, 5.74) is 6.64. The van der Waals surface area contributed by atoms with Gasteiger partial charge < -0.3 is 15.4 Å². The molecule has 1 unspecified atom stereocenters. The third-order valence-corrected chi connectivity index (χ3v) is 6.90. The van der Waals surface area contributed by atoms with E-state index in [4.69, 9.17) is 15.5 Å². The van der Waals surface area contributed by atoms with Gasteiger partial charge in [-0.2, -0.15) is 4.98 Å². The number of benzene rings is 1. The minimum atomic E-state index is -0.708. The lowest BCUT2D eigenvalue weighted by Gasteiger charge is -2.31. The molecular weight excluding hydrogens is 500 g/mol. The Morgan fingerprint density at radius 3 is 2.69 bits per heavy atom. The Hall–Kier alpha value is -4.50. The van der Waals surface area contributed by atoms with Crippen LogP contribution in [0.15, 0.2) is 33.9 Å². The molecule has 2 N–H and O–H groups in total. The van der Waals surface area contributed by atoms with Crippen LogP contribution in [0.2, 0.25) is 0 Å². The van der Waals surface area contributed by atoms with E-state index in [0.717, 1.165) is 28.5 Å². The molecule has 0 aliphatic carbocycles. The lowest BCUT2D eigenvalue weighted by Crippen LogP contribution is -2.44. The summed E-state index contributed by atoms with van der Waals surface area (Å²) in [6.45, 7) is 4.36. The van der Waals surface area contributed by atoms with E-state index >= 15 is 0 Å². The van der Waals surface area contributed by atoms with Crippen LogP contribution in [0.3, 0.4) is 0 Å². The van der Waals surface area contributed by atoms with Gasteiger partial charge in [-0.25, -0.2) is 14.8 Å². The van der Waals surface area contributed by atoms with Gasteiger partial charge in [0, 0.05) is 30.2 Å². The van der Waals surface area contributed by atoms with Gasteiger partial charge in [0.25, 0.3) is 5.56 Å². The monoisotopic (exact) mass is 530 g/mol. The summed E-state index contributed by atoms with van der Waals surface area (Å²) in [5, 5.41) is 0.882. The number of hydrogen-bond acceptors (Lipinski definition) is 9. The number of esters is 1. The molecule has 4 heterocycles. The molecular formula is C27H30N8O4. The molecule has 1 saturated heterocycles. The minimum absolute atomic E-state index is 0.0496. The largest absolute Gasteiger partial charge is 0.468 e. The van der Waals surface area contributed by atoms with Gasteiger partial charge in [0.1, 0.15) is 12.4 Å². The molecule has 0 amide bonds. The third-order valence-electron chi connectivity index (χ3n) is 6.90. The number of aryl methyl sites for hydroxylation is 1. The van der Waals surface area contributed by atoms with Crippen LogP contribution in [0, 0.1) is 18.8 Å². The molecule has 12 nitrogen and oxygen atoms in total. The summed E-state index contributed by atoms with van der Waals surface area (Å²) >= 11 is 0.